The fourth-order valence-electron chi connectivity index (χ4n) is 1.58. The van der Waals surface area contributed by atoms with Crippen LogP contribution < -0.4 is 4.74 Å². The fourth-order valence-corrected chi connectivity index (χ4v) is 2.15. The van der Waals surface area contributed by atoms with Crippen LogP contribution in [-0.4, -0.2) is 16.9 Å². The molecule has 2 nitrogen and oxygen atoms in total. The van der Waals surface area contributed by atoms with Gasteiger partial charge in [0.05, 0.1) is 12.8 Å². The van der Waals surface area contributed by atoms with Gasteiger partial charge in [-0.1, -0.05) is 46.3 Å². The van der Waals surface area contributed by atoms with Crippen molar-refractivity contribution in [2.75, 3.05) is 11.9 Å². The van der Waals surface area contributed by atoms with E-state index in [1.807, 2.05) is 18.2 Å². The first-order valence-electron chi connectivity index (χ1n) is 5.54. The van der Waals surface area contributed by atoms with Crippen LogP contribution in [0.3, 0.4) is 0 Å². The third kappa shape index (κ3) is 3.56. The molecule has 0 aliphatic heterocycles. The van der Waals surface area contributed by atoms with Gasteiger partial charge in [0.15, 0.2) is 0 Å². The molecular weight excluding hydrogens is 278 g/mol. The molecule has 1 aromatic heterocycles. The average molecular weight is 292 g/mol. The van der Waals surface area contributed by atoms with E-state index < -0.39 is 0 Å². The van der Waals surface area contributed by atoms with Gasteiger partial charge in [0, 0.05) is 17.4 Å². The highest BCUT2D eigenvalue weighted by Crippen LogP contribution is 2.19. The van der Waals surface area contributed by atoms with Gasteiger partial charge in [-0.2, -0.15) is 0 Å². The zero-order valence-electron chi connectivity index (χ0n) is 9.42. The van der Waals surface area contributed by atoms with Crippen molar-refractivity contribution < 1.29 is 4.74 Å². The van der Waals surface area contributed by atoms with Crippen molar-refractivity contribution in [1.82, 2.24) is 4.98 Å². The van der Waals surface area contributed by atoms with Gasteiger partial charge in [-0.05, 0) is 17.7 Å². The normalized spacial score (nSPS) is 12.1. The van der Waals surface area contributed by atoms with Gasteiger partial charge in [0.2, 0.25) is 0 Å². The molecule has 0 spiro atoms. The third-order valence-electron chi connectivity index (χ3n) is 2.54. The van der Waals surface area contributed by atoms with Crippen molar-refractivity contribution in [2.45, 2.75) is 5.92 Å². The number of benzene rings is 1. The lowest BCUT2D eigenvalue weighted by molar-refractivity contribution is 0.297. The molecule has 0 radical (unpaired) electrons. The smallest absolute Gasteiger partial charge is 0.137 e. The summed E-state index contributed by atoms with van der Waals surface area (Å²) in [7, 11) is 0. The van der Waals surface area contributed by atoms with E-state index in [1.54, 1.807) is 12.4 Å². The van der Waals surface area contributed by atoms with E-state index in [4.69, 9.17) is 4.74 Å². The molecule has 0 fully saturated rings. The van der Waals surface area contributed by atoms with E-state index in [1.165, 1.54) is 5.56 Å². The standard InChI is InChI=1S/C14H14BrNO/c15-9-13(12-5-2-1-3-6-12)11-17-14-7-4-8-16-10-14/h1-8,10,13H,9,11H2. The Labute approximate surface area is 110 Å². The Morgan fingerprint density at radius 1 is 1.12 bits per heavy atom. The van der Waals surface area contributed by atoms with Crippen molar-refractivity contribution >= 4 is 15.9 Å². The van der Waals surface area contributed by atoms with Crippen LogP contribution in [0.15, 0.2) is 54.9 Å². The predicted octanol–water partition coefficient (Wildman–Crippen LogP) is 3.64. The van der Waals surface area contributed by atoms with Gasteiger partial charge in [0.25, 0.3) is 0 Å². The van der Waals surface area contributed by atoms with E-state index in [-0.39, 0.29) is 0 Å². The Morgan fingerprint density at radius 2 is 1.94 bits per heavy atom. The minimum atomic E-state index is 0.358. The van der Waals surface area contributed by atoms with Gasteiger partial charge in [-0.3, -0.25) is 4.98 Å². The molecule has 0 N–H and O–H groups in total. The van der Waals surface area contributed by atoms with Gasteiger partial charge in [0.1, 0.15) is 5.75 Å². The van der Waals surface area contributed by atoms with Crippen molar-refractivity contribution in [2.24, 2.45) is 0 Å². The minimum Gasteiger partial charge on any atom is -0.491 e. The maximum atomic E-state index is 5.72. The second kappa shape index (κ2) is 6.40. The van der Waals surface area contributed by atoms with Crippen LogP contribution in [0.1, 0.15) is 11.5 Å². The predicted molar refractivity (Wildman–Crippen MR) is 72.7 cm³/mol. The highest BCUT2D eigenvalue weighted by Gasteiger charge is 2.10. The summed E-state index contributed by atoms with van der Waals surface area (Å²) in [5.74, 6) is 1.17. The van der Waals surface area contributed by atoms with E-state index in [2.05, 4.69) is 45.2 Å². The van der Waals surface area contributed by atoms with Gasteiger partial charge in [-0.15, -0.1) is 0 Å². The summed E-state index contributed by atoms with van der Waals surface area (Å²) in [5.41, 5.74) is 1.29. The molecule has 1 unspecified atom stereocenters. The van der Waals surface area contributed by atoms with Crippen LogP contribution in [0, 0.1) is 0 Å². The molecule has 1 atom stereocenters. The van der Waals surface area contributed by atoms with Crippen LogP contribution in [-0.2, 0) is 0 Å². The summed E-state index contributed by atoms with van der Waals surface area (Å²) < 4.78 is 5.72. The number of hydrogen-bond acceptors (Lipinski definition) is 2. The highest BCUT2D eigenvalue weighted by atomic mass is 79.9. The van der Waals surface area contributed by atoms with Crippen molar-refractivity contribution in [3.05, 3.63) is 60.4 Å². The summed E-state index contributed by atoms with van der Waals surface area (Å²) in [6.07, 6.45) is 3.47. The van der Waals surface area contributed by atoms with Crippen molar-refractivity contribution in [3.8, 4) is 5.75 Å². The van der Waals surface area contributed by atoms with Crippen LogP contribution in [0.4, 0.5) is 0 Å². The Balaban J connectivity index is 1.97. The first kappa shape index (κ1) is 12.1. The van der Waals surface area contributed by atoms with Gasteiger partial charge in [-0.25, -0.2) is 0 Å². The number of alkyl halides is 1. The molecule has 0 bridgehead atoms. The van der Waals surface area contributed by atoms with Crippen LogP contribution in [0.25, 0.3) is 0 Å². The molecule has 1 heterocycles. The van der Waals surface area contributed by atoms with Crippen molar-refractivity contribution in [3.63, 3.8) is 0 Å². The van der Waals surface area contributed by atoms with Crippen LogP contribution in [0.5, 0.6) is 5.75 Å². The lowest BCUT2D eigenvalue weighted by atomic mass is 10.0. The van der Waals surface area contributed by atoms with E-state index in [0.717, 1.165) is 11.1 Å². The molecule has 0 aliphatic carbocycles. The van der Waals surface area contributed by atoms with E-state index in [0.29, 0.717) is 12.5 Å². The SMILES string of the molecule is BrCC(COc1cccnc1)c1ccccc1. The first-order chi connectivity index (χ1) is 8.40. The molecule has 1 aromatic carbocycles. The Morgan fingerprint density at radius 3 is 2.59 bits per heavy atom. The lowest BCUT2D eigenvalue weighted by Gasteiger charge is -2.15. The number of halogens is 1. The number of aromatic nitrogens is 1. The van der Waals surface area contributed by atoms with E-state index in [9.17, 15) is 0 Å². The maximum Gasteiger partial charge on any atom is 0.137 e. The molecule has 2 aromatic rings. The zero-order chi connectivity index (χ0) is 11.9. The molecule has 17 heavy (non-hydrogen) atoms. The Kier molecular flexibility index (Phi) is 4.56. The summed E-state index contributed by atoms with van der Waals surface area (Å²) >= 11 is 3.53. The highest BCUT2D eigenvalue weighted by molar-refractivity contribution is 9.09. The number of ether oxygens (including phenoxy) is 1. The number of hydrogen-bond donors (Lipinski definition) is 0. The number of pyridine rings is 1. The molecule has 2 rings (SSSR count). The minimum absolute atomic E-state index is 0.358. The van der Waals surface area contributed by atoms with Gasteiger partial charge < -0.3 is 4.74 Å². The third-order valence-corrected chi connectivity index (χ3v) is 3.32. The lowest BCUT2D eigenvalue weighted by Crippen LogP contribution is -2.11. The molecule has 88 valence electrons. The monoisotopic (exact) mass is 291 g/mol. The van der Waals surface area contributed by atoms with E-state index >= 15 is 0 Å². The summed E-state index contributed by atoms with van der Waals surface area (Å²) in [5, 5.41) is 0.886. The Hall–Kier alpha value is -1.35. The Bertz CT molecular complexity index is 432. The second-order valence-corrected chi connectivity index (χ2v) is 4.41. The fraction of sp³-hybridized carbons (Fsp3) is 0.214. The number of nitrogens with zero attached hydrogens (tertiary/aromatic N) is 1. The summed E-state index contributed by atoms with van der Waals surface area (Å²) in [6.45, 7) is 0.654. The largest absolute Gasteiger partial charge is 0.491 e. The van der Waals surface area contributed by atoms with Crippen LogP contribution in [0.2, 0.25) is 0 Å². The molecule has 0 amide bonds. The molecule has 0 aliphatic rings. The first-order valence-corrected chi connectivity index (χ1v) is 6.66. The zero-order valence-corrected chi connectivity index (χ0v) is 11.0. The summed E-state index contributed by atoms with van der Waals surface area (Å²) in [4.78, 5) is 4.02. The van der Waals surface area contributed by atoms with Gasteiger partial charge >= 0.3 is 0 Å². The average Bonchev–Trinajstić information content (AvgIpc) is 2.42. The molecular formula is C14H14BrNO. The van der Waals surface area contributed by atoms with Crippen molar-refractivity contribution in [1.29, 1.82) is 0 Å². The molecule has 0 saturated heterocycles. The quantitative estimate of drug-likeness (QED) is 0.785. The van der Waals surface area contributed by atoms with Crippen LogP contribution >= 0.6 is 15.9 Å². The number of rotatable bonds is 5. The maximum absolute atomic E-state index is 5.72. The topological polar surface area (TPSA) is 22.1 Å². The second-order valence-electron chi connectivity index (χ2n) is 3.76. The summed E-state index contributed by atoms with van der Waals surface area (Å²) in [6, 6.07) is 14.2. The molecule has 3 heteroatoms. The molecule has 0 saturated carbocycles.